The minimum Gasteiger partial charge on any atom is -0.493 e. The minimum atomic E-state index is 0.349. The second-order valence-corrected chi connectivity index (χ2v) is 7.90. The van der Waals surface area contributed by atoms with Crippen molar-refractivity contribution in [3.05, 3.63) is 23.4 Å². The van der Waals surface area contributed by atoms with E-state index in [0.717, 1.165) is 49.8 Å². The van der Waals surface area contributed by atoms with E-state index in [0.29, 0.717) is 30.6 Å². The molecule has 154 valence electrons. The van der Waals surface area contributed by atoms with Crippen LogP contribution in [0.1, 0.15) is 43.9 Å². The number of nitrogens with zero attached hydrogens (tertiary/aromatic N) is 3. The van der Waals surface area contributed by atoms with Crippen LogP contribution >= 0.6 is 0 Å². The highest BCUT2D eigenvalue weighted by Crippen LogP contribution is 2.40. The molecule has 0 atom stereocenters. The van der Waals surface area contributed by atoms with Crippen LogP contribution in [-0.4, -0.2) is 49.3 Å². The smallest absolute Gasteiger partial charge is 0.163 e. The Balaban J connectivity index is 1.69. The quantitative estimate of drug-likeness (QED) is 0.718. The maximum absolute atomic E-state index is 8.79. The number of aryl methyl sites for hydroxylation is 1. The number of ether oxygens (including phenoxy) is 2. The van der Waals surface area contributed by atoms with Gasteiger partial charge >= 0.3 is 0 Å². The highest BCUT2D eigenvalue weighted by atomic mass is 16.5. The van der Waals surface area contributed by atoms with Crippen molar-refractivity contribution in [2.75, 3.05) is 38.7 Å². The van der Waals surface area contributed by atoms with E-state index in [-0.39, 0.29) is 0 Å². The van der Waals surface area contributed by atoms with Crippen LogP contribution < -0.4 is 14.8 Å². The van der Waals surface area contributed by atoms with Gasteiger partial charge in [-0.1, -0.05) is 6.92 Å². The third kappa shape index (κ3) is 4.11. The molecule has 0 unspecified atom stereocenters. The molecule has 0 saturated carbocycles. The molecule has 0 radical (unpaired) electrons. The molecule has 4 rings (SSSR count). The van der Waals surface area contributed by atoms with Crippen LogP contribution in [0.15, 0.2) is 12.1 Å². The van der Waals surface area contributed by atoms with E-state index in [4.69, 9.17) is 19.7 Å². The topological polar surface area (TPSA) is 70.4 Å². The number of hydrogen-bond acceptors (Lipinski definition) is 6. The van der Waals surface area contributed by atoms with E-state index < -0.39 is 0 Å². The maximum atomic E-state index is 8.79. The zero-order valence-electron chi connectivity index (χ0n) is 17.5. The maximum Gasteiger partial charge on any atom is 0.163 e. The Hall–Kier alpha value is -2.52. The van der Waals surface area contributed by atoms with Gasteiger partial charge in [-0.25, -0.2) is 0 Å². The summed E-state index contributed by atoms with van der Waals surface area (Å²) in [5, 5.41) is 13.8. The van der Waals surface area contributed by atoms with Gasteiger partial charge in [-0.05, 0) is 50.3 Å². The Morgan fingerprint density at radius 3 is 2.79 bits per heavy atom. The van der Waals surface area contributed by atoms with Crippen LogP contribution in [0.5, 0.6) is 11.5 Å². The molecule has 1 aromatic heterocycles. The fourth-order valence-electron chi connectivity index (χ4n) is 4.51. The van der Waals surface area contributed by atoms with Crippen LogP contribution in [0.2, 0.25) is 0 Å². The fraction of sp³-hybridized carbons (Fsp3) is 0.565. The lowest BCUT2D eigenvalue weighted by Gasteiger charge is -2.32. The van der Waals surface area contributed by atoms with Crippen LogP contribution in [0.4, 0.5) is 5.69 Å². The Morgan fingerprint density at radius 2 is 2.07 bits per heavy atom. The van der Waals surface area contributed by atoms with Gasteiger partial charge in [0.25, 0.3) is 0 Å². The zero-order chi connectivity index (χ0) is 20.2. The summed E-state index contributed by atoms with van der Waals surface area (Å²) < 4.78 is 11.4. The van der Waals surface area contributed by atoms with Crippen molar-refractivity contribution in [3.8, 4) is 17.6 Å². The molecule has 1 aliphatic carbocycles. The van der Waals surface area contributed by atoms with Gasteiger partial charge in [0, 0.05) is 42.0 Å². The van der Waals surface area contributed by atoms with Gasteiger partial charge in [-0.3, -0.25) is 4.98 Å². The highest BCUT2D eigenvalue weighted by molar-refractivity contribution is 5.96. The lowest BCUT2D eigenvalue weighted by Crippen LogP contribution is -2.39. The SMILES string of the molecule is CCN1CCC(Nc2c3c(nc4cc(OCCC#N)c(OC)cc24)CCC3)CC1. The predicted molar refractivity (Wildman–Crippen MR) is 115 cm³/mol. The van der Waals surface area contributed by atoms with E-state index in [2.05, 4.69) is 23.2 Å². The minimum absolute atomic E-state index is 0.349. The van der Waals surface area contributed by atoms with Gasteiger partial charge in [0.2, 0.25) is 0 Å². The third-order valence-electron chi connectivity index (χ3n) is 6.15. The first-order valence-electron chi connectivity index (χ1n) is 10.8. The molecule has 2 heterocycles. The number of nitrogens with one attached hydrogen (secondary N) is 1. The first kappa shape index (κ1) is 19.8. The molecular formula is C23H30N4O2. The zero-order valence-corrected chi connectivity index (χ0v) is 17.5. The van der Waals surface area contributed by atoms with Crippen molar-refractivity contribution in [3.63, 3.8) is 0 Å². The van der Waals surface area contributed by atoms with Gasteiger partial charge in [0.15, 0.2) is 11.5 Å². The fourth-order valence-corrected chi connectivity index (χ4v) is 4.51. The number of nitriles is 1. The summed E-state index contributed by atoms with van der Waals surface area (Å²) in [5.41, 5.74) is 4.75. The van der Waals surface area contributed by atoms with Gasteiger partial charge in [0.1, 0.15) is 6.61 Å². The normalized spacial score (nSPS) is 17.1. The van der Waals surface area contributed by atoms with Crippen molar-refractivity contribution in [1.29, 1.82) is 5.26 Å². The van der Waals surface area contributed by atoms with E-state index in [1.54, 1.807) is 7.11 Å². The molecule has 1 N–H and O–H groups in total. The van der Waals surface area contributed by atoms with E-state index in [1.165, 1.54) is 29.8 Å². The summed E-state index contributed by atoms with van der Waals surface area (Å²) in [7, 11) is 1.66. The Kier molecular flexibility index (Phi) is 6.05. The average Bonchev–Trinajstić information content (AvgIpc) is 3.22. The molecule has 1 fully saturated rings. The van der Waals surface area contributed by atoms with Crippen molar-refractivity contribution in [2.24, 2.45) is 0 Å². The number of benzene rings is 1. The lowest BCUT2D eigenvalue weighted by atomic mass is 10.0. The molecule has 29 heavy (non-hydrogen) atoms. The Bertz CT molecular complexity index is 913. The summed E-state index contributed by atoms with van der Waals surface area (Å²) in [5.74, 6) is 1.35. The number of methoxy groups -OCH3 is 1. The number of rotatable bonds is 7. The van der Waals surface area contributed by atoms with Crippen molar-refractivity contribution >= 4 is 16.6 Å². The molecule has 0 spiro atoms. The van der Waals surface area contributed by atoms with Crippen molar-refractivity contribution in [2.45, 2.75) is 51.5 Å². The summed E-state index contributed by atoms with van der Waals surface area (Å²) in [6.07, 6.45) is 5.95. The molecule has 2 aromatic rings. The van der Waals surface area contributed by atoms with Gasteiger partial charge < -0.3 is 19.7 Å². The van der Waals surface area contributed by atoms with Gasteiger partial charge in [-0.2, -0.15) is 5.26 Å². The first-order chi connectivity index (χ1) is 14.2. The lowest BCUT2D eigenvalue weighted by molar-refractivity contribution is 0.229. The number of aromatic nitrogens is 1. The number of piperidine rings is 1. The van der Waals surface area contributed by atoms with Crippen molar-refractivity contribution in [1.82, 2.24) is 9.88 Å². The van der Waals surface area contributed by atoms with Gasteiger partial charge in [-0.15, -0.1) is 0 Å². The van der Waals surface area contributed by atoms with Gasteiger partial charge in [0.05, 0.1) is 25.1 Å². The molecule has 1 saturated heterocycles. The number of hydrogen-bond donors (Lipinski definition) is 1. The summed E-state index contributed by atoms with van der Waals surface area (Å²) in [6.45, 7) is 6.02. The highest BCUT2D eigenvalue weighted by Gasteiger charge is 2.25. The van der Waals surface area contributed by atoms with Crippen LogP contribution in [0, 0.1) is 11.3 Å². The summed E-state index contributed by atoms with van der Waals surface area (Å²) >= 11 is 0. The molecule has 6 nitrogen and oxygen atoms in total. The summed E-state index contributed by atoms with van der Waals surface area (Å²) in [6, 6.07) is 6.62. The number of anilines is 1. The van der Waals surface area contributed by atoms with E-state index in [1.807, 2.05) is 12.1 Å². The van der Waals surface area contributed by atoms with E-state index in [9.17, 15) is 0 Å². The van der Waals surface area contributed by atoms with Crippen LogP contribution in [0.25, 0.3) is 10.9 Å². The monoisotopic (exact) mass is 394 g/mol. The molecule has 1 aromatic carbocycles. The largest absolute Gasteiger partial charge is 0.493 e. The third-order valence-corrected chi connectivity index (χ3v) is 6.15. The number of fused-ring (bicyclic) bond motifs is 2. The molecule has 0 amide bonds. The van der Waals surface area contributed by atoms with Crippen LogP contribution in [-0.2, 0) is 12.8 Å². The molecule has 2 aliphatic rings. The molecule has 0 bridgehead atoms. The second kappa shape index (κ2) is 8.87. The van der Waals surface area contributed by atoms with Crippen molar-refractivity contribution < 1.29 is 9.47 Å². The standard InChI is InChI=1S/C23H30N4O2/c1-3-27-11-8-16(9-12-27)25-23-17-6-4-7-19(17)26-20-15-22(29-13-5-10-24)21(28-2)14-18(20)23/h14-16H,3-9,11-13H2,1-2H3,(H,25,26). The van der Waals surface area contributed by atoms with Crippen LogP contribution in [0.3, 0.4) is 0 Å². The number of likely N-dealkylation sites (tertiary alicyclic amines) is 1. The Morgan fingerprint density at radius 1 is 1.24 bits per heavy atom. The predicted octanol–water partition coefficient (Wildman–Crippen LogP) is 3.92. The molecule has 1 aliphatic heterocycles. The second-order valence-electron chi connectivity index (χ2n) is 7.90. The summed E-state index contributed by atoms with van der Waals surface area (Å²) in [4.78, 5) is 7.47. The Labute approximate surface area is 172 Å². The average molecular weight is 395 g/mol. The molecule has 6 heteroatoms. The first-order valence-corrected chi connectivity index (χ1v) is 10.8. The molecular weight excluding hydrogens is 364 g/mol. The van der Waals surface area contributed by atoms with E-state index >= 15 is 0 Å². The number of pyridine rings is 1.